The molecule has 0 spiro atoms. The lowest BCUT2D eigenvalue weighted by Crippen LogP contribution is -2.35. The molecule has 2 amide bonds. The maximum Gasteiger partial charge on any atom is 0.334 e. The van der Waals surface area contributed by atoms with E-state index in [0.29, 0.717) is 0 Å². The second-order valence-electron chi connectivity index (χ2n) is 5.15. The van der Waals surface area contributed by atoms with Crippen LogP contribution in [0.4, 0.5) is 4.79 Å². The number of nitrogens with zero attached hydrogens (tertiary/aromatic N) is 2. The van der Waals surface area contributed by atoms with Crippen LogP contribution in [-0.2, 0) is 0 Å². The maximum atomic E-state index is 12.2. The second-order valence-corrected chi connectivity index (χ2v) is 5.15. The van der Waals surface area contributed by atoms with E-state index in [4.69, 9.17) is 4.74 Å². The molecule has 0 bridgehead atoms. The van der Waals surface area contributed by atoms with E-state index in [-0.39, 0.29) is 12.1 Å². The lowest BCUT2D eigenvalue weighted by molar-refractivity contribution is 0.246. The molecule has 3 aromatic rings. The number of carbonyl (C=O) groups excluding carboxylic acids is 1. The third kappa shape index (κ3) is 3.11. The molecule has 1 heterocycles. The Balaban J connectivity index is 1.72. The first kappa shape index (κ1) is 14.9. The highest BCUT2D eigenvalue weighted by molar-refractivity contribution is 5.85. The SMILES string of the molecule is COc1ccccc1[C@@H](C)NC(=O)Nn1cnc2ccccc21. The largest absolute Gasteiger partial charge is 0.496 e. The van der Waals surface area contributed by atoms with Crippen LogP contribution in [0.2, 0.25) is 0 Å². The fraction of sp³-hybridized carbons (Fsp3) is 0.176. The Bertz CT molecular complexity index is 828. The predicted octanol–water partition coefficient (Wildman–Crippen LogP) is 3.06. The van der Waals surface area contributed by atoms with E-state index in [2.05, 4.69) is 15.7 Å². The molecule has 1 atom stereocenters. The molecule has 2 N–H and O–H groups in total. The highest BCUT2D eigenvalue weighted by Crippen LogP contribution is 2.24. The van der Waals surface area contributed by atoms with Crippen molar-refractivity contribution in [2.45, 2.75) is 13.0 Å². The fourth-order valence-corrected chi connectivity index (χ4v) is 2.49. The Labute approximate surface area is 134 Å². The molecule has 1 aromatic heterocycles. The summed E-state index contributed by atoms with van der Waals surface area (Å²) in [6.45, 7) is 1.91. The molecule has 0 fully saturated rings. The lowest BCUT2D eigenvalue weighted by Gasteiger charge is -2.18. The van der Waals surface area contributed by atoms with Gasteiger partial charge in [-0.15, -0.1) is 0 Å². The Hall–Kier alpha value is -3.02. The summed E-state index contributed by atoms with van der Waals surface area (Å²) in [6, 6.07) is 14.7. The van der Waals surface area contributed by atoms with Gasteiger partial charge in [-0.1, -0.05) is 30.3 Å². The van der Waals surface area contributed by atoms with Gasteiger partial charge in [-0.25, -0.2) is 19.9 Å². The fourth-order valence-electron chi connectivity index (χ4n) is 2.49. The normalized spacial score (nSPS) is 11.9. The van der Waals surface area contributed by atoms with Gasteiger partial charge in [-0.2, -0.15) is 0 Å². The maximum absolute atomic E-state index is 12.2. The van der Waals surface area contributed by atoms with Gasteiger partial charge < -0.3 is 10.1 Å². The average Bonchev–Trinajstić information content (AvgIpc) is 2.97. The summed E-state index contributed by atoms with van der Waals surface area (Å²) < 4.78 is 6.92. The molecular formula is C17H18N4O2. The molecule has 0 radical (unpaired) electrons. The standard InChI is InChI=1S/C17H18N4O2/c1-12(13-7-3-6-10-16(13)23-2)19-17(22)20-21-11-18-14-8-4-5-9-15(14)21/h3-12H,1-2H3,(H2,19,20,22)/t12-/m1/s1. The predicted molar refractivity (Wildman–Crippen MR) is 89.0 cm³/mol. The first-order valence-corrected chi connectivity index (χ1v) is 7.31. The van der Waals surface area contributed by atoms with Crippen molar-refractivity contribution >= 4 is 17.1 Å². The Morgan fingerprint density at radius 1 is 1.17 bits per heavy atom. The van der Waals surface area contributed by atoms with Gasteiger partial charge in [-0.3, -0.25) is 0 Å². The van der Waals surface area contributed by atoms with Crippen molar-refractivity contribution in [3.05, 3.63) is 60.4 Å². The monoisotopic (exact) mass is 310 g/mol. The number of hydrogen-bond donors (Lipinski definition) is 2. The summed E-state index contributed by atoms with van der Waals surface area (Å²) in [7, 11) is 1.61. The van der Waals surface area contributed by atoms with E-state index in [1.807, 2.05) is 55.5 Å². The van der Waals surface area contributed by atoms with E-state index in [1.165, 1.54) is 0 Å². The summed E-state index contributed by atoms with van der Waals surface area (Å²) in [5.41, 5.74) is 5.35. The minimum atomic E-state index is -0.313. The molecule has 6 nitrogen and oxygen atoms in total. The molecule has 0 saturated heterocycles. The number of urea groups is 1. The number of nitrogens with one attached hydrogen (secondary N) is 2. The molecule has 0 aliphatic carbocycles. The Kier molecular flexibility index (Phi) is 4.14. The number of aromatic nitrogens is 2. The van der Waals surface area contributed by atoms with Crippen molar-refractivity contribution in [1.82, 2.24) is 15.0 Å². The van der Waals surface area contributed by atoms with Crippen molar-refractivity contribution < 1.29 is 9.53 Å². The van der Waals surface area contributed by atoms with E-state index < -0.39 is 0 Å². The first-order chi connectivity index (χ1) is 11.2. The van der Waals surface area contributed by atoms with Gasteiger partial charge in [0.15, 0.2) is 0 Å². The molecule has 2 aromatic carbocycles. The second kappa shape index (κ2) is 6.39. The topological polar surface area (TPSA) is 68.2 Å². The van der Waals surface area contributed by atoms with Gasteiger partial charge in [0.2, 0.25) is 0 Å². The molecule has 6 heteroatoms. The van der Waals surface area contributed by atoms with Crippen LogP contribution in [0.25, 0.3) is 11.0 Å². The summed E-state index contributed by atoms with van der Waals surface area (Å²) in [5.74, 6) is 0.744. The number of amides is 2. The number of methoxy groups -OCH3 is 1. The quantitative estimate of drug-likeness (QED) is 0.778. The molecular weight excluding hydrogens is 292 g/mol. The van der Waals surface area contributed by atoms with E-state index >= 15 is 0 Å². The van der Waals surface area contributed by atoms with Crippen LogP contribution >= 0.6 is 0 Å². The van der Waals surface area contributed by atoms with Crippen molar-refractivity contribution in [3.63, 3.8) is 0 Å². The van der Waals surface area contributed by atoms with Gasteiger partial charge in [-0.05, 0) is 25.1 Å². The van der Waals surface area contributed by atoms with Crippen molar-refractivity contribution in [3.8, 4) is 5.75 Å². The number of fused-ring (bicyclic) bond motifs is 1. The number of imidazole rings is 1. The van der Waals surface area contributed by atoms with E-state index in [0.717, 1.165) is 22.3 Å². The van der Waals surface area contributed by atoms with Crippen molar-refractivity contribution in [2.75, 3.05) is 12.5 Å². The van der Waals surface area contributed by atoms with Gasteiger partial charge >= 0.3 is 6.03 Å². The molecule has 118 valence electrons. The van der Waals surface area contributed by atoms with Crippen molar-refractivity contribution in [1.29, 1.82) is 0 Å². The van der Waals surface area contributed by atoms with Crippen LogP contribution < -0.4 is 15.5 Å². The van der Waals surface area contributed by atoms with Gasteiger partial charge in [0, 0.05) is 5.56 Å². The lowest BCUT2D eigenvalue weighted by atomic mass is 10.1. The Morgan fingerprint density at radius 3 is 2.74 bits per heavy atom. The van der Waals surface area contributed by atoms with Crippen LogP contribution in [0.1, 0.15) is 18.5 Å². The number of para-hydroxylation sites is 3. The van der Waals surface area contributed by atoms with Gasteiger partial charge in [0.1, 0.15) is 12.1 Å². The van der Waals surface area contributed by atoms with Crippen LogP contribution in [0.3, 0.4) is 0 Å². The molecule has 3 rings (SSSR count). The zero-order valence-corrected chi connectivity index (χ0v) is 13.0. The van der Waals surface area contributed by atoms with Gasteiger partial charge in [0.25, 0.3) is 0 Å². The third-order valence-corrected chi connectivity index (χ3v) is 3.63. The minimum Gasteiger partial charge on any atom is -0.496 e. The van der Waals surface area contributed by atoms with Crippen LogP contribution in [-0.4, -0.2) is 22.8 Å². The zero-order valence-electron chi connectivity index (χ0n) is 13.0. The number of benzene rings is 2. The zero-order chi connectivity index (χ0) is 16.2. The minimum absolute atomic E-state index is 0.194. The van der Waals surface area contributed by atoms with Crippen LogP contribution in [0.15, 0.2) is 54.9 Å². The summed E-state index contributed by atoms with van der Waals surface area (Å²) in [5, 5.41) is 2.90. The number of ether oxygens (including phenoxy) is 1. The third-order valence-electron chi connectivity index (χ3n) is 3.63. The van der Waals surface area contributed by atoms with E-state index in [9.17, 15) is 4.79 Å². The highest BCUT2D eigenvalue weighted by Gasteiger charge is 2.14. The van der Waals surface area contributed by atoms with Crippen LogP contribution in [0.5, 0.6) is 5.75 Å². The van der Waals surface area contributed by atoms with Gasteiger partial charge in [0.05, 0.1) is 24.2 Å². The molecule has 0 unspecified atom stereocenters. The first-order valence-electron chi connectivity index (χ1n) is 7.31. The Morgan fingerprint density at radius 2 is 1.91 bits per heavy atom. The summed E-state index contributed by atoms with van der Waals surface area (Å²) in [6.07, 6.45) is 1.58. The highest BCUT2D eigenvalue weighted by atomic mass is 16.5. The number of hydrogen-bond acceptors (Lipinski definition) is 3. The molecule has 23 heavy (non-hydrogen) atoms. The molecule has 0 saturated carbocycles. The van der Waals surface area contributed by atoms with Crippen molar-refractivity contribution in [2.24, 2.45) is 0 Å². The summed E-state index contributed by atoms with van der Waals surface area (Å²) in [4.78, 5) is 16.5. The average molecular weight is 310 g/mol. The number of rotatable bonds is 4. The van der Waals surface area contributed by atoms with Crippen LogP contribution in [0, 0.1) is 0 Å². The molecule has 0 aliphatic rings. The number of carbonyl (C=O) groups is 1. The molecule has 0 aliphatic heterocycles. The summed E-state index contributed by atoms with van der Waals surface area (Å²) >= 11 is 0. The van der Waals surface area contributed by atoms with E-state index in [1.54, 1.807) is 18.1 Å². The smallest absolute Gasteiger partial charge is 0.334 e.